The van der Waals surface area contributed by atoms with Crippen LogP contribution in [0, 0.1) is 0 Å². The molecule has 0 bridgehead atoms. The molecule has 1 heterocycles. The van der Waals surface area contributed by atoms with Crippen molar-refractivity contribution in [2.45, 2.75) is 32.2 Å². The van der Waals surface area contributed by atoms with E-state index in [0.717, 1.165) is 6.42 Å². The Hall–Kier alpha value is -1.08. The molecule has 1 aromatic rings. The molecule has 1 N–H and O–H groups in total. The summed E-state index contributed by atoms with van der Waals surface area (Å²) in [6.07, 6.45) is 8.22. The Morgan fingerprint density at radius 1 is 1.33 bits per heavy atom. The number of hydrogen-bond acceptors (Lipinski definition) is 1. The van der Waals surface area contributed by atoms with E-state index in [0.29, 0.717) is 6.04 Å². The molecule has 0 saturated carbocycles. The van der Waals surface area contributed by atoms with Gasteiger partial charge in [-0.15, -0.1) is 0 Å². The van der Waals surface area contributed by atoms with Crippen LogP contribution in [0.4, 0.5) is 0 Å². The van der Waals surface area contributed by atoms with E-state index in [1.54, 1.807) is 0 Å². The first kappa shape index (κ1) is 10.4. The van der Waals surface area contributed by atoms with E-state index in [9.17, 15) is 0 Å². The molecule has 0 aromatic heterocycles. The maximum atomic E-state index is 3.46. The van der Waals surface area contributed by atoms with E-state index in [2.05, 4.69) is 48.7 Å². The van der Waals surface area contributed by atoms with Gasteiger partial charge in [-0.25, -0.2) is 0 Å². The van der Waals surface area contributed by atoms with Crippen molar-refractivity contribution in [1.29, 1.82) is 0 Å². The second-order valence-electron chi connectivity index (χ2n) is 4.16. The van der Waals surface area contributed by atoms with Crippen LogP contribution in [0.1, 0.15) is 30.9 Å². The van der Waals surface area contributed by atoms with Gasteiger partial charge >= 0.3 is 0 Å². The first-order valence-electron chi connectivity index (χ1n) is 5.89. The molecule has 0 radical (unpaired) electrons. The largest absolute Gasteiger partial charge is 0.311 e. The van der Waals surface area contributed by atoms with Crippen molar-refractivity contribution < 1.29 is 0 Å². The summed E-state index contributed by atoms with van der Waals surface area (Å²) in [5.74, 6) is 0. The van der Waals surface area contributed by atoms with Gasteiger partial charge in [-0.2, -0.15) is 0 Å². The average molecular weight is 201 g/mol. The average Bonchev–Trinajstić information content (AvgIpc) is 2.80. The molecule has 80 valence electrons. The third-order valence-electron chi connectivity index (χ3n) is 3.01. The number of hydrogen-bond donors (Lipinski definition) is 1. The molecule has 1 aromatic carbocycles. The maximum Gasteiger partial charge on any atom is 0.0253 e. The lowest BCUT2D eigenvalue weighted by atomic mass is 10.1. The molecule has 1 aliphatic rings. The van der Waals surface area contributed by atoms with Crippen molar-refractivity contribution in [3.63, 3.8) is 0 Å². The molecule has 0 spiro atoms. The van der Waals surface area contributed by atoms with Gasteiger partial charge in [0.1, 0.15) is 0 Å². The molecule has 1 nitrogen and oxygen atoms in total. The van der Waals surface area contributed by atoms with E-state index in [4.69, 9.17) is 0 Å². The van der Waals surface area contributed by atoms with Crippen LogP contribution in [-0.2, 0) is 6.42 Å². The Morgan fingerprint density at radius 2 is 2.13 bits per heavy atom. The van der Waals surface area contributed by atoms with Crippen molar-refractivity contribution in [3.05, 3.63) is 41.5 Å². The molecule has 0 amide bonds. The van der Waals surface area contributed by atoms with Crippen LogP contribution >= 0.6 is 0 Å². The molecule has 1 atom stereocenters. The van der Waals surface area contributed by atoms with Crippen molar-refractivity contribution in [3.8, 4) is 0 Å². The minimum atomic E-state index is 0.593. The number of aryl methyl sites for hydroxylation is 1. The predicted molar refractivity (Wildman–Crippen MR) is 65.9 cm³/mol. The molecular weight excluding hydrogens is 182 g/mol. The smallest absolute Gasteiger partial charge is 0.0253 e. The fourth-order valence-electron chi connectivity index (χ4n) is 1.97. The number of benzene rings is 1. The highest BCUT2D eigenvalue weighted by atomic mass is 14.9. The number of nitrogens with one attached hydrogen (secondary N) is 1. The summed E-state index contributed by atoms with van der Waals surface area (Å²) in [7, 11) is 0. The van der Waals surface area contributed by atoms with Gasteiger partial charge in [0, 0.05) is 6.04 Å². The molecule has 1 saturated heterocycles. The van der Waals surface area contributed by atoms with Crippen molar-refractivity contribution >= 4 is 6.08 Å². The zero-order valence-electron chi connectivity index (χ0n) is 9.37. The van der Waals surface area contributed by atoms with E-state index >= 15 is 0 Å². The minimum absolute atomic E-state index is 0.593. The third kappa shape index (κ3) is 2.93. The predicted octanol–water partition coefficient (Wildman–Crippen LogP) is 3.01. The molecule has 1 fully saturated rings. The van der Waals surface area contributed by atoms with E-state index in [-0.39, 0.29) is 0 Å². The zero-order chi connectivity index (χ0) is 10.5. The van der Waals surface area contributed by atoms with Crippen LogP contribution in [0.5, 0.6) is 0 Å². The van der Waals surface area contributed by atoms with Crippen LogP contribution in [0.15, 0.2) is 30.3 Å². The van der Waals surface area contributed by atoms with Gasteiger partial charge in [0.15, 0.2) is 0 Å². The van der Waals surface area contributed by atoms with Crippen LogP contribution in [-0.4, -0.2) is 12.6 Å². The second kappa shape index (κ2) is 5.13. The zero-order valence-corrected chi connectivity index (χ0v) is 9.37. The summed E-state index contributed by atoms with van der Waals surface area (Å²) in [6, 6.07) is 9.41. The highest BCUT2D eigenvalue weighted by molar-refractivity contribution is 5.50. The SMILES string of the molecule is CCc1ccc(/C=C/C2CCCN2)cc1. The lowest BCUT2D eigenvalue weighted by Gasteiger charge is -2.02. The highest BCUT2D eigenvalue weighted by Gasteiger charge is 2.09. The standard InChI is InChI=1S/C14H19N/c1-2-12-5-7-13(8-6-12)9-10-14-4-3-11-15-14/h5-10,14-15H,2-4,11H2,1H3/b10-9+. The molecule has 1 unspecified atom stereocenters. The summed E-state index contributed by atoms with van der Waals surface area (Å²) in [6.45, 7) is 3.36. The Labute approximate surface area is 92.2 Å². The Balaban J connectivity index is 1.97. The van der Waals surface area contributed by atoms with Crippen LogP contribution in [0.25, 0.3) is 6.08 Å². The Kier molecular flexibility index (Phi) is 3.57. The van der Waals surface area contributed by atoms with Gasteiger partial charge in [0.05, 0.1) is 0 Å². The van der Waals surface area contributed by atoms with Crippen LogP contribution < -0.4 is 5.32 Å². The van der Waals surface area contributed by atoms with E-state index in [1.165, 1.54) is 30.5 Å². The first-order valence-corrected chi connectivity index (χ1v) is 5.89. The highest BCUT2D eigenvalue weighted by Crippen LogP contribution is 2.10. The molecule has 0 aliphatic carbocycles. The summed E-state index contributed by atoms with van der Waals surface area (Å²) < 4.78 is 0. The van der Waals surface area contributed by atoms with Gasteiger partial charge in [-0.1, -0.05) is 43.3 Å². The quantitative estimate of drug-likeness (QED) is 0.792. The normalized spacial score (nSPS) is 21.3. The lowest BCUT2D eigenvalue weighted by Crippen LogP contribution is -2.17. The summed E-state index contributed by atoms with van der Waals surface area (Å²) in [5.41, 5.74) is 2.71. The van der Waals surface area contributed by atoms with Gasteiger partial charge in [0.25, 0.3) is 0 Å². The first-order chi connectivity index (χ1) is 7.38. The van der Waals surface area contributed by atoms with E-state index < -0.39 is 0 Å². The van der Waals surface area contributed by atoms with E-state index in [1.807, 2.05) is 0 Å². The second-order valence-corrected chi connectivity index (χ2v) is 4.16. The third-order valence-corrected chi connectivity index (χ3v) is 3.01. The Bertz CT molecular complexity index is 318. The molecule has 2 rings (SSSR count). The molecule has 15 heavy (non-hydrogen) atoms. The Morgan fingerprint density at radius 3 is 2.73 bits per heavy atom. The minimum Gasteiger partial charge on any atom is -0.311 e. The fraction of sp³-hybridized carbons (Fsp3) is 0.429. The van der Waals surface area contributed by atoms with Crippen molar-refractivity contribution in [1.82, 2.24) is 5.32 Å². The summed E-state index contributed by atoms with van der Waals surface area (Å²) in [4.78, 5) is 0. The topological polar surface area (TPSA) is 12.0 Å². The van der Waals surface area contributed by atoms with Gasteiger partial charge in [-0.3, -0.25) is 0 Å². The maximum absolute atomic E-state index is 3.46. The summed E-state index contributed by atoms with van der Waals surface area (Å²) in [5, 5.41) is 3.46. The lowest BCUT2D eigenvalue weighted by molar-refractivity contribution is 0.730. The van der Waals surface area contributed by atoms with Crippen molar-refractivity contribution in [2.24, 2.45) is 0 Å². The van der Waals surface area contributed by atoms with Crippen LogP contribution in [0.3, 0.4) is 0 Å². The molecular formula is C14H19N. The van der Waals surface area contributed by atoms with Crippen LogP contribution in [0.2, 0.25) is 0 Å². The van der Waals surface area contributed by atoms with Gasteiger partial charge in [0.2, 0.25) is 0 Å². The molecule has 1 aliphatic heterocycles. The number of rotatable bonds is 3. The van der Waals surface area contributed by atoms with Crippen molar-refractivity contribution in [2.75, 3.05) is 6.54 Å². The fourth-order valence-corrected chi connectivity index (χ4v) is 1.97. The van der Waals surface area contributed by atoms with Gasteiger partial charge < -0.3 is 5.32 Å². The monoisotopic (exact) mass is 201 g/mol. The van der Waals surface area contributed by atoms with Gasteiger partial charge in [-0.05, 0) is 36.9 Å². The molecule has 1 heteroatoms. The summed E-state index contributed by atoms with van der Waals surface area (Å²) >= 11 is 0.